The molecule has 0 spiro atoms. The third kappa shape index (κ3) is 2.87. The molecule has 8 saturated carbocycles. The Kier molecular flexibility index (Phi) is 3.93. The number of carbonyl (C=O) groups is 1. The summed E-state index contributed by atoms with van der Waals surface area (Å²) in [5.41, 5.74) is 9.81. The van der Waals surface area contributed by atoms with Gasteiger partial charge in [-0.05, 0) is 156 Å². The predicted octanol–water partition coefficient (Wildman–Crippen LogP) is 9.39. The fourth-order valence-corrected chi connectivity index (χ4v) is 14.3. The molecule has 0 N–H and O–H groups in total. The number of fused-ring (bicyclic) bond motifs is 3. The maximum Gasteiger partial charge on any atom is 0.194 e. The van der Waals surface area contributed by atoms with Crippen molar-refractivity contribution in [2.45, 2.75) is 116 Å². The maximum absolute atomic E-state index is 14.1. The molecule has 0 amide bonds. The SMILES string of the molecule is CC12CC3CC(C)(C1)CC(c1ccc4c(c1)C(=O)c1cc(C56CC7CC(C)(CC(C)(C7)C5)C6)ccc1-4)(C3)C2. The number of benzene rings is 2. The number of hydrogen-bond donors (Lipinski definition) is 0. The summed E-state index contributed by atoms with van der Waals surface area (Å²) in [4.78, 5) is 14.1. The van der Waals surface area contributed by atoms with Gasteiger partial charge in [0, 0.05) is 11.1 Å². The molecule has 198 valence electrons. The van der Waals surface area contributed by atoms with Gasteiger partial charge in [0.1, 0.15) is 0 Å². The molecular weight excluding hydrogens is 460 g/mol. The molecule has 4 atom stereocenters. The second-order valence-corrected chi connectivity index (χ2v) is 17.7. The minimum Gasteiger partial charge on any atom is -0.289 e. The van der Waals surface area contributed by atoms with E-state index in [2.05, 4.69) is 64.1 Å². The van der Waals surface area contributed by atoms with E-state index in [1.165, 1.54) is 99.3 Å². The quantitative estimate of drug-likeness (QED) is 0.340. The lowest BCUT2D eigenvalue weighted by Gasteiger charge is -2.65. The van der Waals surface area contributed by atoms with Crippen molar-refractivity contribution in [1.29, 1.82) is 0 Å². The van der Waals surface area contributed by atoms with Crippen LogP contribution < -0.4 is 0 Å². The third-order valence-electron chi connectivity index (χ3n) is 13.3. The molecule has 9 aliphatic rings. The van der Waals surface area contributed by atoms with E-state index in [-0.39, 0.29) is 10.8 Å². The third-order valence-corrected chi connectivity index (χ3v) is 13.3. The van der Waals surface area contributed by atoms with E-state index in [0.717, 1.165) is 23.0 Å². The standard InChI is InChI=1S/C37H44O/c1-32-11-23-12-33(2,17-32)20-36(15-23,19-32)25-5-7-27-28-8-6-26(10-30(28)31(38)29(27)9-25)37-16-24-13-34(3,21-37)18-35(4,14-24)22-37/h5-10,23-24H,11-22H2,1-4H3. The van der Waals surface area contributed by atoms with E-state index in [1.54, 1.807) is 0 Å². The molecule has 2 aromatic carbocycles. The number of ketones is 1. The van der Waals surface area contributed by atoms with E-state index in [4.69, 9.17) is 0 Å². The lowest BCUT2D eigenvalue weighted by molar-refractivity contribution is -0.110. The van der Waals surface area contributed by atoms with Crippen molar-refractivity contribution >= 4 is 5.78 Å². The molecule has 4 unspecified atom stereocenters. The molecule has 1 heteroatoms. The zero-order valence-electron chi connectivity index (χ0n) is 24.0. The van der Waals surface area contributed by atoms with Gasteiger partial charge >= 0.3 is 0 Å². The highest BCUT2D eigenvalue weighted by Crippen LogP contribution is 2.71. The van der Waals surface area contributed by atoms with E-state index in [1.807, 2.05) is 0 Å². The fourth-order valence-electron chi connectivity index (χ4n) is 14.3. The highest BCUT2D eigenvalue weighted by Gasteiger charge is 2.62. The fraction of sp³-hybridized carbons (Fsp3) is 0.649. The van der Waals surface area contributed by atoms with E-state index >= 15 is 0 Å². The van der Waals surface area contributed by atoms with Gasteiger partial charge in [-0.3, -0.25) is 4.79 Å². The molecule has 38 heavy (non-hydrogen) atoms. The zero-order chi connectivity index (χ0) is 25.9. The molecule has 8 bridgehead atoms. The van der Waals surface area contributed by atoms with E-state index < -0.39 is 0 Å². The van der Waals surface area contributed by atoms with Gasteiger partial charge in [0.05, 0.1) is 0 Å². The Labute approximate surface area is 229 Å². The smallest absolute Gasteiger partial charge is 0.194 e. The number of rotatable bonds is 2. The highest BCUT2D eigenvalue weighted by molar-refractivity contribution is 6.21. The Morgan fingerprint density at radius 2 is 0.868 bits per heavy atom. The lowest BCUT2D eigenvalue weighted by Crippen LogP contribution is -2.56. The molecular formula is C37H44O. The average Bonchev–Trinajstić information content (AvgIpc) is 3.05. The zero-order valence-corrected chi connectivity index (χ0v) is 24.0. The Hall–Kier alpha value is -1.89. The molecule has 0 radical (unpaired) electrons. The van der Waals surface area contributed by atoms with Crippen LogP contribution in [0.2, 0.25) is 0 Å². The van der Waals surface area contributed by atoms with Crippen LogP contribution in [-0.2, 0) is 10.8 Å². The van der Waals surface area contributed by atoms with Crippen molar-refractivity contribution in [2.24, 2.45) is 33.5 Å². The van der Waals surface area contributed by atoms with Gasteiger partial charge in [0.15, 0.2) is 5.78 Å². The molecule has 8 fully saturated rings. The van der Waals surface area contributed by atoms with Crippen LogP contribution >= 0.6 is 0 Å². The predicted molar refractivity (Wildman–Crippen MR) is 153 cm³/mol. The van der Waals surface area contributed by atoms with Gasteiger partial charge in [-0.15, -0.1) is 0 Å². The molecule has 0 saturated heterocycles. The minimum atomic E-state index is 0.280. The Bertz CT molecular complexity index is 1300. The molecule has 1 nitrogen and oxygen atoms in total. The average molecular weight is 505 g/mol. The summed E-state index contributed by atoms with van der Waals surface area (Å²) in [6, 6.07) is 14.2. The normalized spacial score (nSPS) is 49.0. The van der Waals surface area contributed by atoms with Gasteiger partial charge in [-0.2, -0.15) is 0 Å². The summed E-state index contributed by atoms with van der Waals surface area (Å²) < 4.78 is 0. The largest absolute Gasteiger partial charge is 0.289 e. The van der Waals surface area contributed by atoms with Crippen LogP contribution in [0.1, 0.15) is 132 Å². The summed E-state index contributed by atoms with van der Waals surface area (Å²) in [6.07, 6.45) is 16.4. The first kappa shape index (κ1) is 22.9. The maximum atomic E-state index is 14.1. The second kappa shape index (κ2) is 6.53. The van der Waals surface area contributed by atoms with Gasteiger partial charge in [-0.1, -0.05) is 52.0 Å². The Morgan fingerprint density at radius 1 is 0.500 bits per heavy atom. The molecule has 11 rings (SSSR count). The van der Waals surface area contributed by atoms with Gasteiger partial charge in [-0.25, -0.2) is 0 Å². The van der Waals surface area contributed by atoms with Gasteiger partial charge < -0.3 is 0 Å². The lowest BCUT2D eigenvalue weighted by atomic mass is 9.39. The van der Waals surface area contributed by atoms with Crippen molar-refractivity contribution in [2.75, 3.05) is 0 Å². The van der Waals surface area contributed by atoms with Crippen LogP contribution in [0.15, 0.2) is 36.4 Å². The molecule has 0 heterocycles. The summed E-state index contributed by atoms with van der Waals surface area (Å²) in [7, 11) is 0. The second-order valence-electron chi connectivity index (χ2n) is 17.7. The van der Waals surface area contributed by atoms with Crippen molar-refractivity contribution < 1.29 is 4.79 Å². The van der Waals surface area contributed by atoms with Crippen molar-refractivity contribution in [3.63, 3.8) is 0 Å². The topological polar surface area (TPSA) is 17.1 Å². The van der Waals surface area contributed by atoms with Crippen molar-refractivity contribution in [3.8, 4) is 11.1 Å². The molecule has 0 aromatic heterocycles. The number of carbonyl (C=O) groups excluding carboxylic acids is 1. The van der Waals surface area contributed by atoms with Crippen LogP contribution in [0.25, 0.3) is 11.1 Å². The number of hydrogen-bond acceptors (Lipinski definition) is 1. The first-order chi connectivity index (χ1) is 17.9. The summed E-state index contributed by atoms with van der Waals surface area (Å²) in [5.74, 6) is 2.03. The Morgan fingerprint density at radius 3 is 1.21 bits per heavy atom. The summed E-state index contributed by atoms with van der Waals surface area (Å²) in [6.45, 7) is 10.2. The highest BCUT2D eigenvalue weighted by atomic mass is 16.1. The first-order valence-corrected chi connectivity index (χ1v) is 15.7. The van der Waals surface area contributed by atoms with Crippen LogP contribution in [0.5, 0.6) is 0 Å². The van der Waals surface area contributed by atoms with Crippen LogP contribution in [-0.4, -0.2) is 5.78 Å². The first-order valence-electron chi connectivity index (χ1n) is 15.7. The molecule has 9 aliphatic carbocycles. The summed E-state index contributed by atoms with van der Waals surface area (Å²) in [5, 5.41) is 0. The molecule has 0 aliphatic heterocycles. The summed E-state index contributed by atoms with van der Waals surface area (Å²) >= 11 is 0. The van der Waals surface area contributed by atoms with Crippen LogP contribution in [0.4, 0.5) is 0 Å². The minimum absolute atomic E-state index is 0.280. The van der Waals surface area contributed by atoms with Crippen LogP contribution in [0, 0.1) is 33.5 Å². The monoisotopic (exact) mass is 504 g/mol. The van der Waals surface area contributed by atoms with Gasteiger partial charge in [0.2, 0.25) is 0 Å². The van der Waals surface area contributed by atoms with Gasteiger partial charge in [0.25, 0.3) is 0 Å². The van der Waals surface area contributed by atoms with Crippen LogP contribution in [0.3, 0.4) is 0 Å². The van der Waals surface area contributed by atoms with Crippen molar-refractivity contribution in [3.05, 3.63) is 58.7 Å². The van der Waals surface area contributed by atoms with Crippen molar-refractivity contribution in [1.82, 2.24) is 0 Å². The van der Waals surface area contributed by atoms with E-state index in [9.17, 15) is 4.79 Å². The molecule has 2 aromatic rings. The Balaban J connectivity index is 1.10. The van der Waals surface area contributed by atoms with E-state index in [0.29, 0.717) is 27.4 Å².